The van der Waals surface area contributed by atoms with E-state index in [0.29, 0.717) is 0 Å². The summed E-state index contributed by atoms with van der Waals surface area (Å²) in [7, 11) is -3.70. The van der Waals surface area contributed by atoms with Gasteiger partial charge in [0.1, 0.15) is 6.04 Å². The number of aliphatic carboxylic acids is 1. The molecule has 3 N–H and O–H groups in total. The molecule has 1 aromatic carbocycles. The monoisotopic (exact) mass is 404 g/mol. The second-order valence-corrected chi connectivity index (χ2v) is 8.21. The van der Waals surface area contributed by atoms with E-state index in [-0.39, 0.29) is 31.0 Å². The van der Waals surface area contributed by atoms with Crippen LogP contribution in [0.3, 0.4) is 0 Å². The van der Waals surface area contributed by atoms with Crippen molar-refractivity contribution in [2.45, 2.75) is 18.9 Å². The summed E-state index contributed by atoms with van der Waals surface area (Å²) in [5.41, 5.74) is 0.773. The van der Waals surface area contributed by atoms with Gasteiger partial charge in [-0.15, -0.1) is 0 Å². The smallest absolute Gasteiger partial charge is 0.326 e. The number of benzene rings is 1. The Hall–Kier alpha value is -1.45. The van der Waals surface area contributed by atoms with Crippen LogP contribution in [0, 0.1) is 5.92 Å². The van der Waals surface area contributed by atoms with Crippen LogP contribution in [0.1, 0.15) is 12.0 Å². The number of likely N-dealkylation sites (tertiary alicyclic amines) is 1. The maximum Gasteiger partial charge on any atom is 0.326 e. The van der Waals surface area contributed by atoms with Crippen LogP contribution in [-0.4, -0.2) is 48.6 Å². The summed E-state index contributed by atoms with van der Waals surface area (Å²) >= 11 is 3.32. The molecule has 1 heterocycles. The first-order valence-electron chi connectivity index (χ1n) is 6.93. The number of nitrogens with zero attached hydrogens (tertiary/aromatic N) is 1. The zero-order chi connectivity index (χ0) is 17.2. The fourth-order valence-corrected chi connectivity index (χ4v) is 4.09. The van der Waals surface area contributed by atoms with Crippen molar-refractivity contribution in [3.63, 3.8) is 0 Å². The molecule has 7 nitrogen and oxygen atoms in total. The fraction of sp³-hybridized carbons (Fsp3) is 0.429. The van der Waals surface area contributed by atoms with Gasteiger partial charge in [-0.25, -0.2) is 18.4 Å². The average Bonchev–Trinajstić information content (AvgIpc) is 2.74. The molecule has 1 aromatic rings. The van der Waals surface area contributed by atoms with Gasteiger partial charge in [-0.3, -0.25) is 4.79 Å². The fourth-order valence-electron chi connectivity index (χ4n) is 2.77. The number of amides is 1. The number of carboxylic acids is 1. The van der Waals surface area contributed by atoms with Crippen LogP contribution in [0.15, 0.2) is 28.7 Å². The number of hydrogen-bond acceptors (Lipinski definition) is 4. The first-order chi connectivity index (χ1) is 10.7. The van der Waals surface area contributed by atoms with Crippen LogP contribution in [0.5, 0.6) is 0 Å². The molecule has 0 bridgehead atoms. The highest BCUT2D eigenvalue weighted by molar-refractivity contribution is 9.10. The molecule has 1 aliphatic rings. The number of carbonyl (C=O) groups excluding carboxylic acids is 1. The van der Waals surface area contributed by atoms with E-state index < -0.39 is 28.0 Å². The van der Waals surface area contributed by atoms with E-state index in [4.69, 9.17) is 5.14 Å². The predicted octanol–water partition coefficient (Wildman–Crippen LogP) is 0.582. The SMILES string of the molecule is NS(=O)(=O)CC1CC(=O)N(C(Cc2cccc(Br)c2)C(=O)O)C1. The first-order valence-corrected chi connectivity index (χ1v) is 9.44. The highest BCUT2D eigenvalue weighted by Crippen LogP contribution is 2.24. The van der Waals surface area contributed by atoms with E-state index in [2.05, 4.69) is 15.9 Å². The van der Waals surface area contributed by atoms with Crippen LogP contribution < -0.4 is 5.14 Å². The summed E-state index contributed by atoms with van der Waals surface area (Å²) in [6, 6.07) is 6.15. The highest BCUT2D eigenvalue weighted by atomic mass is 79.9. The maximum atomic E-state index is 12.1. The van der Waals surface area contributed by atoms with Crippen molar-refractivity contribution in [3.8, 4) is 0 Å². The molecule has 126 valence electrons. The third-order valence-corrected chi connectivity index (χ3v) is 5.12. The molecule has 1 saturated heterocycles. The number of carbonyl (C=O) groups is 2. The minimum atomic E-state index is -3.70. The van der Waals surface area contributed by atoms with E-state index >= 15 is 0 Å². The van der Waals surface area contributed by atoms with Crippen molar-refractivity contribution in [2.24, 2.45) is 11.1 Å². The number of carboxylic acid groups (broad SMARTS) is 1. The van der Waals surface area contributed by atoms with Crippen LogP contribution in [0.2, 0.25) is 0 Å². The molecule has 9 heteroatoms. The summed E-state index contributed by atoms with van der Waals surface area (Å²) in [6.07, 6.45) is 0.154. The largest absolute Gasteiger partial charge is 0.480 e. The van der Waals surface area contributed by atoms with Gasteiger partial charge in [-0.1, -0.05) is 28.1 Å². The van der Waals surface area contributed by atoms with Crippen molar-refractivity contribution in [3.05, 3.63) is 34.3 Å². The number of nitrogens with two attached hydrogens (primary N) is 1. The molecule has 1 fully saturated rings. The van der Waals surface area contributed by atoms with Crippen molar-refractivity contribution in [2.75, 3.05) is 12.3 Å². The Kier molecular flexibility index (Phi) is 5.43. The maximum absolute atomic E-state index is 12.1. The second kappa shape index (κ2) is 6.98. The number of hydrogen-bond donors (Lipinski definition) is 2. The lowest BCUT2D eigenvalue weighted by molar-refractivity contribution is -0.148. The normalized spacial score (nSPS) is 19.8. The van der Waals surface area contributed by atoms with E-state index in [9.17, 15) is 23.1 Å². The molecular formula is C14H17BrN2O5S. The molecular weight excluding hydrogens is 388 g/mol. The minimum Gasteiger partial charge on any atom is -0.480 e. The van der Waals surface area contributed by atoms with Gasteiger partial charge in [0.15, 0.2) is 0 Å². The topological polar surface area (TPSA) is 118 Å². The summed E-state index contributed by atoms with van der Waals surface area (Å²) in [5, 5.41) is 14.5. The van der Waals surface area contributed by atoms with Crippen molar-refractivity contribution in [1.82, 2.24) is 4.90 Å². The average molecular weight is 405 g/mol. The molecule has 23 heavy (non-hydrogen) atoms. The summed E-state index contributed by atoms with van der Waals surface area (Å²) in [4.78, 5) is 24.9. The van der Waals surface area contributed by atoms with Crippen molar-refractivity contribution >= 4 is 37.8 Å². The Morgan fingerprint density at radius 3 is 2.74 bits per heavy atom. The summed E-state index contributed by atoms with van der Waals surface area (Å²) in [6.45, 7) is 0.0836. The number of sulfonamides is 1. The molecule has 2 rings (SSSR count). The molecule has 0 spiro atoms. The highest BCUT2D eigenvalue weighted by Gasteiger charge is 2.38. The molecule has 1 aliphatic heterocycles. The Labute approximate surface area is 142 Å². The van der Waals surface area contributed by atoms with E-state index in [0.717, 1.165) is 10.0 Å². The van der Waals surface area contributed by atoms with Crippen molar-refractivity contribution < 1.29 is 23.1 Å². The van der Waals surface area contributed by atoms with Crippen LogP contribution in [0.4, 0.5) is 0 Å². The van der Waals surface area contributed by atoms with Gasteiger partial charge in [0, 0.05) is 29.8 Å². The minimum absolute atomic E-state index is 0.00130. The molecule has 2 atom stereocenters. The van der Waals surface area contributed by atoms with Gasteiger partial charge >= 0.3 is 5.97 Å². The Morgan fingerprint density at radius 1 is 1.48 bits per heavy atom. The quantitative estimate of drug-likeness (QED) is 0.718. The van der Waals surface area contributed by atoms with E-state index in [1.54, 1.807) is 18.2 Å². The zero-order valence-electron chi connectivity index (χ0n) is 12.2. The summed E-state index contributed by atoms with van der Waals surface area (Å²) < 4.78 is 23.1. The van der Waals surface area contributed by atoms with E-state index in [1.807, 2.05) is 6.07 Å². The van der Waals surface area contributed by atoms with Crippen LogP contribution in [-0.2, 0) is 26.0 Å². The number of primary sulfonamides is 1. The Bertz CT molecular complexity index is 722. The Balaban J connectivity index is 2.15. The Morgan fingerprint density at radius 2 is 2.17 bits per heavy atom. The number of rotatable bonds is 6. The lowest BCUT2D eigenvalue weighted by atomic mass is 10.0. The first kappa shape index (κ1) is 17.9. The standard InChI is InChI=1S/C14H17BrN2O5S/c15-11-3-1-2-9(4-11)5-12(14(19)20)17-7-10(6-13(17)18)8-23(16,21)22/h1-4,10,12H,5-8H2,(H,19,20)(H2,16,21,22). The third kappa shape index (κ3) is 5.02. The second-order valence-electron chi connectivity index (χ2n) is 5.63. The molecule has 0 radical (unpaired) electrons. The molecule has 0 saturated carbocycles. The lowest BCUT2D eigenvalue weighted by Crippen LogP contribution is -2.44. The third-order valence-electron chi connectivity index (χ3n) is 3.69. The molecule has 0 aromatic heterocycles. The molecule has 2 unspecified atom stereocenters. The van der Waals surface area contributed by atoms with Gasteiger partial charge in [0.25, 0.3) is 0 Å². The van der Waals surface area contributed by atoms with Crippen LogP contribution >= 0.6 is 15.9 Å². The number of halogens is 1. The van der Waals surface area contributed by atoms with E-state index in [1.165, 1.54) is 4.90 Å². The van der Waals surface area contributed by atoms with Gasteiger partial charge < -0.3 is 10.0 Å². The zero-order valence-corrected chi connectivity index (χ0v) is 14.6. The molecule has 1 amide bonds. The van der Waals surface area contributed by atoms with Gasteiger partial charge in [0.05, 0.1) is 5.75 Å². The van der Waals surface area contributed by atoms with Crippen molar-refractivity contribution in [1.29, 1.82) is 0 Å². The summed E-state index contributed by atoms with van der Waals surface area (Å²) in [5.74, 6) is -2.27. The molecule has 0 aliphatic carbocycles. The van der Waals surface area contributed by atoms with Gasteiger partial charge in [-0.2, -0.15) is 0 Å². The van der Waals surface area contributed by atoms with Crippen LogP contribution in [0.25, 0.3) is 0 Å². The lowest BCUT2D eigenvalue weighted by Gasteiger charge is -2.25. The predicted molar refractivity (Wildman–Crippen MR) is 87.1 cm³/mol. The van der Waals surface area contributed by atoms with Gasteiger partial charge in [0.2, 0.25) is 15.9 Å². The van der Waals surface area contributed by atoms with Gasteiger partial charge in [-0.05, 0) is 17.7 Å².